The minimum absolute atomic E-state index is 0.0668. The summed E-state index contributed by atoms with van der Waals surface area (Å²) >= 11 is 0. The summed E-state index contributed by atoms with van der Waals surface area (Å²) in [4.78, 5) is 17.6. The number of aryl methyl sites for hydroxylation is 5. The molecule has 5 rings (SSSR count). The van der Waals surface area contributed by atoms with Crippen LogP contribution in [0.1, 0.15) is 53.3 Å². The lowest BCUT2D eigenvalue weighted by molar-refractivity contribution is -0.126. The molecule has 0 radical (unpaired) electrons. The van der Waals surface area contributed by atoms with Crippen LogP contribution in [0, 0.1) is 20.8 Å². The van der Waals surface area contributed by atoms with Crippen molar-refractivity contribution in [3.05, 3.63) is 63.9 Å². The summed E-state index contributed by atoms with van der Waals surface area (Å²) < 4.78 is 12.1. The number of hydrogen-bond acceptors (Lipinski definition) is 4. The van der Waals surface area contributed by atoms with Gasteiger partial charge >= 0.3 is 0 Å². The molecule has 35 heavy (non-hydrogen) atoms. The molecule has 184 valence electrons. The number of methoxy groups -OCH3 is 1. The van der Waals surface area contributed by atoms with Crippen LogP contribution in [0.4, 0.5) is 5.69 Å². The number of hydrogen-bond donors (Lipinski definition) is 0. The molecule has 0 N–H and O–H groups in total. The average molecular weight is 473 g/mol. The van der Waals surface area contributed by atoms with Gasteiger partial charge in [0.25, 0.3) is 0 Å². The Kier molecular flexibility index (Phi) is 6.35. The van der Waals surface area contributed by atoms with Gasteiger partial charge in [-0.2, -0.15) is 0 Å². The molecule has 0 saturated carbocycles. The van der Waals surface area contributed by atoms with Crippen molar-refractivity contribution in [3.8, 4) is 5.75 Å². The highest BCUT2D eigenvalue weighted by molar-refractivity contribution is 5.98. The van der Waals surface area contributed by atoms with Gasteiger partial charge in [0.1, 0.15) is 17.1 Å². The van der Waals surface area contributed by atoms with E-state index in [9.17, 15) is 4.79 Å². The molecule has 5 heteroatoms. The Bertz CT molecular complexity index is 1310. The quantitative estimate of drug-likeness (QED) is 0.437. The Labute approximate surface area is 208 Å². The lowest BCUT2D eigenvalue weighted by Crippen LogP contribution is -2.48. The van der Waals surface area contributed by atoms with Crippen LogP contribution in [0.15, 0.2) is 34.8 Å². The molecular formula is C30H36N2O3. The van der Waals surface area contributed by atoms with Gasteiger partial charge in [0.15, 0.2) is 0 Å². The van der Waals surface area contributed by atoms with Crippen LogP contribution in [0.5, 0.6) is 5.75 Å². The highest BCUT2D eigenvalue weighted by atomic mass is 16.5. The average Bonchev–Trinajstić information content (AvgIpc) is 3.24. The number of anilines is 1. The van der Waals surface area contributed by atoms with Gasteiger partial charge in [-0.05, 0) is 75.8 Å². The molecule has 2 aromatic carbocycles. The predicted octanol–water partition coefficient (Wildman–Crippen LogP) is 6.00. The Morgan fingerprint density at radius 1 is 1.03 bits per heavy atom. The number of carbonyl (C=O) groups excluding carboxylic acids is 1. The number of fused-ring (bicyclic) bond motifs is 3. The molecular weight excluding hydrogens is 436 g/mol. The van der Waals surface area contributed by atoms with Gasteiger partial charge in [-0.15, -0.1) is 0 Å². The van der Waals surface area contributed by atoms with Gasteiger partial charge in [-0.25, -0.2) is 0 Å². The fraction of sp³-hybridized carbons (Fsp3) is 0.433. The van der Waals surface area contributed by atoms with Crippen LogP contribution >= 0.6 is 0 Å². The standard InChI is InChI=1S/C30H36N2O3/c1-19-10-11-20(2)26(16-19)31-12-14-32(15-13-31)28(33)17-21(3)24-18-25-23-8-6-7-9-27(23)35-30(25)22(4)29(24)34-5/h10-11,16-18H,6-9,12-15H2,1-5H3/b21-17+. The number of benzene rings is 2. The summed E-state index contributed by atoms with van der Waals surface area (Å²) in [6.07, 6.45) is 6.22. The smallest absolute Gasteiger partial charge is 0.246 e. The van der Waals surface area contributed by atoms with Gasteiger partial charge in [-0.1, -0.05) is 12.1 Å². The lowest BCUT2D eigenvalue weighted by Gasteiger charge is -2.36. The van der Waals surface area contributed by atoms with Crippen molar-refractivity contribution < 1.29 is 13.9 Å². The number of amides is 1. The molecule has 5 nitrogen and oxygen atoms in total. The van der Waals surface area contributed by atoms with Crippen molar-refractivity contribution in [2.75, 3.05) is 38.2 Å². The highest BCUT2D eigenvalue weighted by Gasteiger charge is 2.25. The van der Waals surface area contributed by atoms with Crippen LogP contribution < -0.4 is 9.64 Å². The zero-order valence-corrected chi connectivity index (χ0v) is 21.7. The molecule has 0 spiro atoms. The van der Waals surface area contributed by atoms with E-state index in [2.05, 4.69) is 49.9 Å². The maximum absolute atomic E-state index is 13.2. The zero-order valence-electron chi connectivity index (χ0n) is 21.7. The minimum atomic E-state index is 0.0668. The van der Waals surface area contributed by atoms with Gasteiger partial charge < -0.3 is 19.0 Å². The fourth-order valence-corrected chi connectivity index (χ4v) is 5.67. The summed E-state index contributed by atoms with van der Waals surface area (Å²) in [5.41, 5.74) is 9.01. The molecule has 2 aliphatic rings. The lowest BCUT2D eigenvalue weighted by atomic mass is 9.93. The van der Waals surface area contributed by atoms with Gasteiger partial charge in [-0.3, -0.25) is 4.79 Å². The first-order chi connectivity index (χ1) is 16.9. The van der Waals surface area contributed by atoms with Crippen molar-refractivity contribution in [3.63, 3.8) is 0 Å². The van der Waals surface area contributed by atoms with Crippen molar-refractivity contribution in [2.24, 2.45) is 0 Å². The van der Waals surface area contributed by atoms with Crippen LogP contribution in [0.25, 0.3) is 16.5 Å². The topological polar surface area (TPSA) is 45.9 Å². The first-order valence-corrected chi connectivity index (χ1v) is 12.8. The Morgan fingerprint density at radius 3 is 2.51 bits per heavy atom. The summed E-state index contributed by atoms with van der Waals surface area (Å²) in [5, 5.41) is 1.18. The Hall–Kier alpha value is -3.21. The van der Waals surface area contributed by atoms with Gasteiger partial charge in [0.2, 0.25) is 5.91 Å². The Balaban J connectivity index is 1.38. The van der Waals surface area contributed by atoms with E-state index in [0.29, 0.717) is 0 Å². The van der Waals surface area contributed by atoms with E-state index in [0.717, 1.165) is 72.8 Å². The number of furan rings is 1. The third-order valence-electron chi connectivity index (χ3n) is 7.69. The van der Waals surface area contributed by atoms with E-state index >= 15 is 0 Å². The monoisotopic (exact) mass is 472 g/mol. The first kappa shape index (κ1) is 23.5. The number of rotatable bonds is 4. The normalized spacial score (nSPS) is 16.5. The molecule has 2 heterocycles. The fourth-order valence-electron chi connectivity index (χ4n) is 5.67. The largest absolute Gasteiger partial charge is 0.496 e. The minimum Gasteiger partial charge on any atom is -0.496 e. The van der Waals surface area contributed by atoms with E-state index in [1.807, 2.05) is 11.8 Å². The molecule has 0 bridgehead atoms. The van der Waals surface area contributed by atoms with Crippen LogP contribution in [0.3, 0.4) is 0 Å². The second-order valence-corrected chi connectivity index (χ2v) is 10.1. The summed E-state index contributed by atoms with van der Waals surface area (Å²) in [6.45, 7) is 11.5. The molecule has 0 unspecified atom stereocenters. The zero-order chi connectivity index (χ0) is 24.7. The molecule has 1 saturated heterocycles. The Morgan fingerprint density at radius 2 is 1.77 bits per heavy atom. The molecule has 1 aliphatic carbocycles. The van der Waals surface area contributed by atoms with Crippen LogP contribution in [0.2, 0.25) is 0 Å². The second kappa shape index (κ2) is 9.44. The number of ether oxygens (including phenoxy) is 1. The van der Waals surface area contributed by atoms with Crippen molar-refractivity contribution in [1.82, 2.24) is 4.90 Å². The number of carbonyl (C=O) groups is 1. The van der Waals surface area contributed by atoms with Gasteiger partial charge in [0.05, 0.1) is 7.11 Å². The number of piperazine rings is 1. The van der Waals surface area contributed by atoms with E-state index < -0.39 is 0 Å². The van der Waals surface area contributed by atoms with Crippen LogP contribution in [-0.2, 0) is 17.6 Å². The van der Waals surface area contributed by atoms with E-state index in [1.165, 1.54) is 40.6 Å². The molecule has 3 aromatic rings. The summed E-state index contributed by atoms with van der Waals surface area (Å²) in [7, 11) is 1.70. The summed E-state index contributed by atoms with van der Waals surface area (Å²) in [5.74, 6) is 1.98. The molecule has 1 amide bonds. The maximum atomic E-state index is 13.2. The van der Waals surface area contributed by atoms with Crippen molar-refractivity contribution in [1.29, 1.82) is 0 Å². The molecule has 0 atom stereocenters. The first-order valence-electron chi connectivity index (χ1n) is 12.8. The van der Waals surface area contributed by atoms with E-state index in [-0.39, 0.29) is 5.91 Å². The van der Waals surface area contributed by atoms with Gasteiger partial charge in [0, 0.05) is 66.4 Å². The summed E-state index contributed by atoms with van der Waals surface area (Å²) in [6, 6.07) is 8.75. The maximum Gasteiger partial charge on any atom is 0.246 e. The van der Waals surface area contributed by atoms with E-state index in [4.69, 9.17) is 9.15 Å². The predicted molar refractivity (Wildman–Crippen MR) is 143 cm³/mol. The third kappa shape index (κ3) is 4.33. The molecule has 1 aliphatic heterocycles. The third-order valence-corrected chi connectivity index (χ3v) is 7.69. The molecule has 1 fully saturated rings. The highest BCUT2D eigenvalue weighted by Crippen LogP contribution is 2.41. The van der Waals surface area contributed by atoms with E-state index in [1.54, 1.807) is 13.2 Å². The van der Waals surface area contributed by atoms with Crippen LogP contribution in [-0.4, -0.2) is 44.1 Å². The van der Waals surface area contributed by atoms with Crippen molar-refractivity contribution in [2.45, 2.75) is 53.4 Å². The number of allylic oxidation sites excluding steroid dienone is 1. The SMILES string of the molecule is COc1c(/C(C)=C/C(=O)N2CCN(c3cc(C)ccc3C)CC2)cc2c3c(oc2c1C)CCCC3. The number of nitrogens with zero attached hydrogens (tertiary/aromatic N) is 2. The molecule has 1 aromatic heterocycles. The second-order valence-electron chi connectivity index (χ2n) is 10.1. The van der Waals surface area contributed by atoms with Crippen molar-refractivity contribution >= 4 is 28.1 Å².